The molecule has 17 heavy (non-hydrogen) atoms. The fourth-order valence-corrected chi connectivity index (χ4v) is 2.22. The summed E-state index contributed by atoms with van der Waals surface area (Å²) in [6, 6.07) is 3.80. The van der Waals surface area contributed by atoms with Gasteiger partial charge in [-0.3, -0.25) is 0 Å². The molecule has 1 N–H and O–H groups in total. The summed E-state index contributed by atoms with van der Waals surface area (Å²) in [4.78, 5) is 0. The van der Waals surface area contributed by atoms with Crippen LogP contribution in [0.25, 0.3) is 0 Å². The highest BCUT2D eigenvalue weighted by atomic mass is 32.2. The topological polar surface area (TPSA) is 12.0 Å². The van der Waals surface area contributed by atoms with Gasteiger partial charge in [0.2, 0.25) is 0 Å². The molecule has 0 aromatic heterocycles. The SMILES string of the molecule is CCCNC(CCSC)c1c(F)cccc1F. The molecule has 1 rings (SSSR count). The van der Waals surface area contributed by atoms with Crippen molar-refractivity contribution in [3.63, 3.8) is 0 Å². The highest BCUT2D eigenvalue weighted by Crippen LogP contribution is 2.24. The van der Waals surface area contributed by atoms with Crippen molar-refractivity contribution in [3.8, 4) is 0 Å². The molecule has 0 aliphatic carbocycles. The Bertz CT molecular complexity index is 316. The molecule has 1 unspecified atom stereocenters. The molecule has 0 aliphatic heterocycles. The Morgan fingerprint density at radius 2 is 1.94 bits per heavy atom. The van der Waals surface area contributed by atoms with Gasteiger partial charge in [-0.05, 0) is 43.5 Å². The van der Waals surface area contributed by atoms with E-state index in [2.05, 4.69) is 5.32 Å². The second-order valence-electron chi connectivity index (χ2n) is 3.92. The molecule has 1 aromatic rings. The zero-order valence-corrected chi connectivity index (χ0v) is 11.1. The van der Waals surface area contributed by atoms with E-state index >= 15 is 0 Å². The molecule has 0 amide bonds. The van der Waals surface area contributed by atoms with Gasteiger partial charge in [-0.25, -0.2) is 8.78 Å². The summed E-state index contributed by atoms with van der Waals surface area (Å²) in [7, 11) is 0. The first kappa shape index (κ1) is 14.5. The van der Waals surface area contributed by atoms with Crippen molar-refractivity contribution >= 4 is 11.8 Å². The third-order valence-electron chi connectivity index (χ3n) is 2.60. The highest BCUT2D eigenvalue weighted by Gasteiger charge is 2.18. The van der Waals surface area contributed by atoms with Crippen LogP contribution in [0.4, 0.5) is 8.78 Å². The van der Waals surface area contributed by atoms with E-state index in [4.69, 9.17) is 0 Å². The van der Waals surface area contributed by atoms with E-state index < -0.39 is 11.6 Å². The van der Waals surface area contributed by atoms with Gasteiger partial charge in [-0.15, -0.1) is 0 Å². The van der Waals surface area contributed by atoms with E-state index in [1.165, 1.54) is 18.2 Å². The van der Waals surface area contributed by atoms with Crippen LogP contribution in [0.5, 0.6) is 0 Å². The average molecular weight is 259 g/mol. The predicted molar refractivity (Wildman–Crippen MR) is 70.4 cm³/mol. The third kappa shape index (κ3) is 4.28. The number of hydrogen-bond acceptors (Lipinski definition) is 2. The minimum atomic E-state index is -0.459. The Labute approximate surface area is 106 Å². The van der Waals surface area contributed by atoms with Crippen LogP contribution >= 0.6 is 11.8 Å². The summed E-state index contributed by atoms with van der Waals surface area (Å²) in [6.07, 6.45) is 3.68. The van der Waals surface area contributed by atoms with Crippen molar-refractivity contribution in [2.75, 3.05) is 18.6 Å². The van der Waals surface area contributed by atoms with Gasteiger partial charge < -0.3 is 5.32 Å². The summed E-state index contributed by atoms with van der Waals surface area (Å²) in [6.45, 7) is 2.81. The Morgan fingerprint density at radius 3 is 2.47 bits per heavy atom. The van der Waals surface area contributed by atoms with Crippen LogP contribution in [0, 0.1) is 11.6 Å². The molecule has 0 aliphatic rings. The Hall–Kier alpha value is -0.610. The molecule has 0 spiro atoms. The van der Waals surface area contributed by atoms with Crippen LogP contribution in [0.2, 0.25) is 0 Å². The average Bonchev–Trinajstić information content (AvgIpc) is 2.31. The lowest BCUT2D eigenvalue weighted by atomic mass is 10.0. The van der Waals surface area contributed by atoms with Crippen LogP contribution in [-0.2, 0) is 0 Å². The van der Waals surface area contributed by atoms with E-state index in [0.29, 0.717) is 0 Å². The van der Waals surface area contributed by atoms with E-state index in [1.807, 2.05) is 13.2 Å². The maximum absolute atomic E-state index is 13.7. The van der Waals surface area contributed by atoms with Gasteiger partial charge >= 0.3 is 0 Å². The largest absolute Gasteiger partial charge is 0.310 e. The van der Waals surface area contributed by atoms with Gasteiger partial charge in [0.1, 0.15) is 11.6 Å². The molecule has 0 radical (unpaired) electrons. The fourth-order valence-electron chi connectivity index (χ4n) is 1.75. The molecule has 0 bridgehead atoms. The summed E-state index contributed by atoms with van der Waals surface area (Å²) < 4.78 is 27.3. The molecule has 0 fully saturated rings. The second-order valence-corrected chi connectivity index (χ2v) is 4.91. The number of rotatable bonds is 7. The number of benzene rings is 1. The number of halogens is 2. The van der Waals surface area contributed by atoms with Crippen molar-refractivity contribution in [1.82, 2.24) is 5.32 Å². The molecule has 0 saturated heterocycles. The molecule has 1 aromatic carbocycles. The van der Waals surface area contributed by atoms with Gasteiger partial charge in [0.15, 0.2) is 0 Å². The Balaban J connectivity index is 2.86. The van der Waals surface area contributed by atoms with Crippen molar-refractivity contribution in [1.29, 1.82) is 0 Å². The van der Waals surface area contributed by atoms with Gasteiger partial charge in [0, 0.05) is 11.6 Å². The van der Waals surface area contributed by atoms with Gasteiger partial charge in [0.25, 0.3) is 0 Å². The molecular formula is C13H19F2NS. The van der Waals surface area contributed by atoms with E-state index in [0.717, 1.165) is 25.1 Å². The van der Waals surface area contributed by atoms with Crippen LogP contribution in [-0.4, -0.2) is 18.6 Å². The lowest BCUT2D eigenvalue weighted by molar-refractivity contribution is 0.459. The summed E-state index contributed by atoms with van der Waals surface area (Å²) >= 11 is 1.68. The first-order valence-corrected chi connectivity index (χ1v) is 7.26. The normalized spacial score (nSPS) is 12.7. The Kier molecular flexibility index (Phi) is 6.52. The number of hydrogen-bond donors (Lipinski definition) is 1. The van der Waals surface area contributed by atoms with Gasteiger partial charge in [0.05, 0.1) is 0 Å². The molecule has 0 saturated carbocycles. The molecule has 1 nitrogen and oxygen atoms in total. The van der Waals surface area contributed by atoms with Crippen molar-refractivity contribution < 1.29 is 8.78 Å². The fraction of sp³-hybridized carbons (Fsp3) is 0.538. The monoisotopic (exact) mass is 259 g/mol. The maximum Gasteiger partial charge on any atom is 0.130 e. The van der Waals surface area contributed by atoms with Crippen molar-refractivity contribution in [2.24, 2.45) is 0 Å². The zero-order chi connectivity index (χ0) is 12.7. The van der Waals surface area contributed by atoms with Gasteiger partial charge in [-0.1, -0.05) is 13.0 Å². The first-order valence-electron chi connectivity index (χ1n) is 5.87. The molecule has 4 heteroatoms. The lowest BCUT2D eigenvalue weighted by Gasteiger charge is -2.19. The predicted octanol–water partition coefficient (Wildman–Crippen LogP) is 3.76. The molecule has 1 atom stereocenters. The quantitative estimate of drug-likeness (QED) is 0.800. The number of nitrogens with one attached hydrogen (secondary N) is 1. The lowest BCUT2D eigenvalue weighted by Crippen LogP contribution is -2.24. The van der Waals surface area contributed by atoms with Gasteiger partial charge in [-0.2, -0.15) is 11.8 Å². The van der Waals surface area contributed by atoms with Crippen LogP contribution in [0.15, 0.2) is 18.2 Å². The van der Waals surface area contributed by atoms with E-state index in [9.17, 15) is 8.78 Å². The molecular weight excluding hydrogens is 240 g/mol. The zero-order valence-electron chi connectivity index (χ0n) is 10.3. The standard InChI is InChI=1S/C13H19F2NS/c1-3-8-16-12(7-9-17-2)13-10(14)5-4-6-11(13)15/h4-6,12,16H,3,7-9H2,1-2H3. The molecule has 96 valence electrons. The molecule has 0 heterocycles. The first-order chi connectivity index (χ1) is 8.20. The van der Waals surface area contributed by atoms with E-state index in [-0.39, 0.29) is 11.6 Å². The van der Waals surface area contributed by atoms with Crippen LogP contribution in [0.1, 0.15) is 31.4 Å². The highest BCUT2D eigenvalue weighted by molar-refractivity contribution is 7.98. The van der Waals surface area contributed by atoms with Crippen LogP contribution < -0.4 is 5.32 Å². The minimum Gasteiger partial charge on any atom is -0.310 e. The van der Waals surface area contributed by atoms with Crippen molar-refractivity contribution in [2.45, 2.75) is 25.8 Å². The number of thioether (sulfide) groups is 1. The summed E-state index contributed by atoms with van der Waals surface area (Å²) in [5.41, 5.74) is 0.176. The second kappa shape index (κ2) is 7.67. The van der Waals surface area contributed by atoms with E-state index in [1.54, 1.807) is 11.8 Å². The minimum absolute atomic E-state index is 0.176. The van der Waals surface area contributed by atoms with Crippen LogP contribution in [0.3, 0.4) is 0 Å². The Morgan fingerprint density at radius 1 is 1.29 bits per heavy atom. The maximum atomic E-state index is 13.7. The van der Waals surface area contributed by atoms with Crippen molar-refractivity contribution in [3.05, 3.63) is 35.4 Å². The summed E-state index contributed by atoms with van der Waals surface area (Å²) in [5, 5.41) is 3.21. The summed E-state index contributed by atoms with van der Waals surface area (Å²) in [5.74, 6) is -0.0331. The third-order valence-corrected chi connectivity index (χ3v) is 3.24. The smallest absolute Gasteiger partial charge is 0.130 e.